The van der Waals surface area contributed by atoms with Gasteiger partial charge in [-0.25, -0.2) is 4.79 Å². The molecule has 25 heavy (non-hydrogen) atoms. The lowest BCUT2D eigenvalue weighted by atomic mass is 9.75. The summed E-state index contributed by atoms with van der Waals surface area (Å²) in [6.07, 6.45) is 0. The number of nitrogens with zero attached hydrogens (tertiary/aromatic N) is 1. The Balaban J connectivity index is 2.62. The number of hydrogen-bond acceptors (Lipinski definition) is 5. The summed E-state index contributed by atoms with van der Waals surface area (Å²) in [6, 6.07) is 7.13. The largest absolute Gasteiger partial charge is 0.465 e. The Bertz CT molecular complexity index is 739. The second-order valence-corrected chi connectivity index (χ2v) is 6.17. The number of benzene rings is 1. The van der Waals surface area contributed by atoms with E-state index in [1.54, 1.807) is 45.9 Å². The molecule has 0 aliphatic carbocycles. The SMILES string of the molecule is CCOC(=O)C1=C(C)N=C(C)C(C(=O)OCC)C1c1cccc(Cl)c1. The lowest BCUT2D eigenvalue weighted by molar-refractivity contribution is -0.146. The van der Waals surface area contributed by atoms with Crippen LogP contribution in [0.1, 0.15) is 39.2 Å². The highest BCUT2D eigenvalue weighted by Gasteiger charge is 2.42. The van der Waals surface area contributed by atoms with Crippen LogP contribution in [0, 0.1) is 5.92 Å². The average Bonchev–Trinajstić information content (AvgIpc) is 2.54. The second-order valence-electron chi connectivity index (χ2n) is 5.74. The quantitative estimate of drug-likeness (QED) is 0.744. The number of carbonyl (C=O) groups excluding carboxylic acids is 2. The smallest absolute Gasteiger partial charge is 0.336 e. The fraction of sp³-hybridized carbons (Fsp3) is 0.421. The van der Waals surface area contributed by atoms with Gasteiger partial charge in [0.05, 0.1) is 18.8 Å². The molecule has 2 atom stereocenters. The van der Waals surface area contributed by atoms with E-state index in [2.05, 4.69) is 4.99 Å². The minimum atomic E-state index is -0.693. The molecule has 0 saturated heterocycles. The highest BCUT2D eigenvalue weighted by atomic mass is 35.5. The molecule has 0 N–H and O–H groups in total. The van der Waals surface area contributed by atoms with E-state index >= 15 is 0 Å². The first-order chi connectivity index (χ1) is 11.9. The zero-order chi connectivity index (χ0) is 18.6. The summed E-state index contributed by atoms with van der Waals surface area (Å²) in [5.41, 5.74) is 2.27. The summed E-state index contributed by atoms with van der Waals surface area (Å²) in [5.74, 6) is -2.13. The number of hydrogen-bond donors (Lipinski definition) is 0. The molecule has 0 bridgehead atoms. The number of aliphatic imine (C=N–C) groups is 1. The number of rotatable bonds is 5. The van der Waals surface area contributed by atoms with Crippen molar-refractivity contribution in [3.63, 3.8) is 0 Å². The van der Waals surface area contributed by atoms with Crippen molar-refractivity contribution < 1.29 is 19.1 Å². The van der Waals surface area contributed by atoms with E-state index in [9.17, 15) is 9.59 Å². The maximum absolute atomic E-state index is 12.6. The first kappa shape index (κ1) is 19.2. The molecule has 0 amide bonds. The van der Waals surface area contributed by atoms with Crippen LogP contribution in [-0.2, 0) is 19.1 Å². The van der Waals surface area contributed by atoms with Crippen LogP contribution in [0.5, 0.6) is 0 Å². The normalized spacial score (nSPS) is 20.1. The fourth-order valence-corrected chi connectivity index (χ4v) is 3.31. The summed E-state index contributed by atoms with van der Waals surface area (Å²) < 4.78 is 10.4. The van der Waals surface area contributed by atoms with Gasteiger partial charge in [-0.3, -0.25) is 9.79 Å². The highest BCUT2D eigenvalue weighted by molar-refractivity contribution is 6.30. The van der Waals surface area contributed by atoms with Crippen molar-refractivity contribution in [2.45, 2.75) is 33.6 Å². The standard InChI is InChI=1S/C19H22ClNO4/c1-5-24-18(22)15-11(3)21-12(4)16(19(23)25-6-2)17(15)13-8-7-9-14(20)10-13/h7-10,15,17H,5-6H2,1-4H3. The number of allylic oxidation sites excluding steroid dienone is 1. The monoisotopic (exact) mass is 363 g/mol. The summed E-state index contributed by atoms with van der Waals surface area (Å²) >= 11 is 6.14. The van der Waals surface area contributed by atoms with Gasteiger partial charge in [0, 0.05) is 22.3 Å². The maximum Gasteiger partial charge on any atom is 0.336 e. The van der Waals surface area contributed by atoms with Crippen LogP contribution < -0.4 is 0 Å². The third kappa shape index (κ3) is 4.10. The predicted molar refractivity (Wildman–Crippen MR) is 96.8 cm³/mol. The third-order valence-electron chi connectivity index (χ3n) is 4.07. The number of halogens is 1. The third-order valence-corrected chi connectivity index (χ3v) is 4.31. The molecule has 1 aliphatic rings. The van der Waals surface area contributed by atoms with Crippen LogP contribution >= 0.6 is 11.6 Å². The molecule has 2 unspecified atom stereocenters. The highest BCUT2D eigenvalue weighted by Crippen LogP contribution is 2.40. The molecule has 2 rings (SSSR count). The van der Waals surface area contributed by atoms with E-state index in [-0.39, 0.29) is 13.2 Å². The van der Waals surface area contributed by atoms with Crippen LogP contribution in [0.25, 0.3) is 0 Å². The zero-order valence-electron chi connectivity index (χ0n) is 14.8. The Morgan fingerprint density at radius 2 is 1.84 bits per heavy atom. The second kappa shape index (κ2) is 8.30. The molecule has 0 spiro atoms. The topological polar surface area (TPSA) is 65.0 Å². The van der Waals surface area contributed by atoms with Crippen molar-refractivity contribution in [3.05, 3.63) is 46.1 Å². The van der Waals surface area contributed by atoms with Crippen LogP contribution in [0.3, 0.4) is 0 Å². The molecule has 6 heteroatoms. The van der Waals surface area contributed by atoms with Crippen LogP contribution in [0.15, 0.2) is 40.5 Å². The summed E-state index contributed by atoms with van der Waals surface area (Å²) in [4.78, 5) is 29.6. The molecule has 0 fully saturated rings. The molecule has 1 heterocycles. The van der Waals surface area contributed by atoms with Gasteiger partial charge in [-0.05, 0) is 45.4 Å². The van der Waals surface area contributed by atoms with Crippen LogP contribution in [0.2, 0.25) is 5.02 Å². The molecule has 0 aromatic heterocycles. The summed E-state index contributed by atoms with van der Waals surface area (Å²) in [7, 11) is 0. The Labute approximate surface area is 152 Å². The minimum absolute atomic E-state index is 0.241. The molecule has 134 valence electrons. The van der Waals surface area contributed by atoms with E-state index in [0.717, 1.165) is 5.56 Å². The number of esters is 2. The van der Waals surface area contributed by atoms with Gasteiger partial charge >= 0.3 is 11.9 Å². The van der Waals surface area contributed by atoms with E-state index in [1.807, 2.05) is 6.07 Å². The molecule has 5 nitrogen and oxygen atoms in total. The van der Waals surface area contributed by atoms with Gasteiger partial charge in [-0.15, -0.1) is 0 Å². The Hall–Kier alpha value is -2.14. The molecule has 1 aromatic carbocycles. The molecule has 0 saturated carbocycles. The van der Waals surface area contributed by atoms with Gasteiger partial charge in [0.25, 0.3) is 0 Å². The van der Waals surface area contributed by atoms with E-state index < -0.39 is 23.8 Å². The van der Waals surface area contributed by atoms with Gasteiger partial charge in [0.15, 0.2) is 0 Å². The van der Waals surface area contributed by atoms with Gasteiger partial charge in [-0.2, -0.15) is 0 Å². The van der Waals surface area contributed by atoms with Crippen molar-refractivity contribution in [2.75, 3.05) is 13.2 Å². The lowest BCUT2D eigenvalue weighted by Crippen LogP contribution is -2.36. The zero-order valence-corrected chi connectivity index (χ0v) is 15.6. The van der Waals surface area contributed by atoms with Gasteiger partial charge < -0.3 is 9.47 Å². The van der Waals surface area contributed by atoms with E-state index in [0.29, 0.717) is 22.0 Å². The van der Waals surface area contributed by atoms with Crippen molar-refractivity contribution in [1.29, 1.82) is 0 Å². The molecule has 0 radical (unpaired) electrons. The Kier molecular flexibility index (Phi) is 6.37. The first-order valence-corrected chi connectivity index (χ1v) is 8.63. The Morgan fingerprint density at radius 1 is 1.16 bits per heavy atom. The van der Waals surface area contributed by atoms with E-state index in [1.165, 1.54) is 0 Å². The van der Waals surface area contributed by atoms with Crippen molar-refractivity contribution in [3.8, 4) is 0 Å². The minimum Gasteiger partial charge on any atom is -0.465 e. The number of carbonyl (C=O) groups is 2. The molecular weight excluding hydrogens is 342 g/mol. The maximum atomic E-state index is 12.6. The van der Waals surface area contributed by atoms with Crippen molar-refractivity contribution in [1.82, 2.24) is 0 Å². The first-order valence-electron chi connectivity index (χ1n) is 8.25. The van der Waals surface area contributed by atoms with Crippen molar-refractivity contribution >= 4 is 29.3 Å². The summed E-state index contributed by atoms with van der Waals surface area (Å²) in [5, 5.41) is 0.529. The molecular formula is C19H22ClNO4. The van der Waals surface area contributed by atoms with Crippen molar-refractivity contribution in [2.24, 2.45) is 10.9 Å². The number of ether oxygens (including phenoxy) is 2. The molecule has 1 aromatic rings. The van der Waals surface area contributed by atoms with Crippen LogP contribution in [0.4, 0.5) is 0 Å². The molecule has 1 aliphatic heterocycles. The van der Waals surface area contributed by atoms with Gasteiger partial charge in [0.1, 0.15) is 5.92 Å². The van der Waals surface area contributed by atoms with E-state index in [4.69, 9.17) is 21.1 Å². The Morgan fingerprint density at radius 3 is 2.44 bits per heavy atom. The predicted octanol–water partition coefficient (Wildman–Crippen LogP) is 3.91. The van der Waals surface area contributed by atoms with Crippen LogP contribution in [-0.4, -0.2) is 30.9 Å². The summed E-state index contributed by atoms with van der Waals surface area (Å²) in [6.45, 7) is 7.49. The lowest BCUT2D eigenvalue weighted by Gasteiger charge is -2.31. The fourth-order valence-electron chi connectivity index (χ4n) is 3.11. The average molecular weight is 364 g/mol. The van der Waals surface area contributed by atoms with Gasteiger partial charge in [-0.1, -0.05) is 23.7 Å². The van der Waals surface area contributed by atoms with Gasteiger partial charge in [0.2, 0.25) is 0 Å².